The lowest BCUT2D eigenvalue weighted by atomic mass is 9.78. The second-order valence-corrected chi connectivity index (χ2v) is 13.2. The summed E-state index contributed by atoms with van der Waals surface area (Å²) in [5.74, 6) is -4.09. The van der Waals surface area contributed by atoms with Crippen molar-refractivity contribution in [1.29, 1.82) is 0 Å². The van der Waals surface area contributed by atoms with Crippen molar-refractivity contribution in [3.05, 3.63) is 46.7 Å². The van der Waals surface area contributed by atoms with Gasteiger partial charge in [-0.2, -0.15) is 0 Å². The molecule has 40 heavy (non-hydrogen) atoms. The first-order valence-corrected chi connectivity index (χ1v) is 15.0. The minimum Gasteiger partial charge on any atom is -0.507 e. The van der Waals surface area contributed by atoms with E-state index in [4.69, 9.17) is 4.74 Å². The van der Waals surface area contributed by atoms with Crippen LogP contribution in [0.1, 0.15) is 111 Å². The number of hydrogen-bond acceptors (Lipinski definition) is 6. The summed E-state index contributed by atoms with van der Waals surface area (Å²) < 4.78 is 6.05. The van der Waals surface area contributed by atoms with Crippen molar-refractivity contribution in [1.82, 2.24) is 0 Å². The molecule has 2 rings (SSSR count). The Morgan fingerprint density at radius 3 is 1.93 bits per heavy atom. The van der Waals surface area contributed by atoms with Crippen LogP contribution in [0.25, 0.3) is 0 Å². The number of Topliss-reactive ketones (excluding diaryl/α,β-unsaturated/α-hetero) is 3. The highest BCUT2D eigenvalue weighted by Crippen LogP contribution is 2.46. The zero-order valence-corrected chi connectivity index (χ0v) is 26.0. The molecule has 1 aliphatic rings. The first-order valence-electron chi connectivity index (χ1n) is 15.0. The van der Waals surface area contributed by atoms with E-state index < -0.39 is 46.5 Å². The van der Waals surface area contributed by atoms with Gasteiger partial charge in [0.15, 0.2) is 23.1 Å². The Morgan fingerprint density at radius 2 is 1.43 bits per heavy atom. The highest BCUT2D eigenvalue weighted by atomic mass is 16.6. The van der Waals surface area contributed by atoms with Crippen LogP contribution in [0.3, 0.4) is 0 Å². The van der Waals surface area contributed by atoms with E-state index in [1.807, 2.05) is 65.8 Å². The summed E-state index contributed by atoms with van der Waals surface area (Å²) in [6, 6.07) is 7.71. The number of rotatable bonds is 15. The summed E-state index contributed by atoms with van der Waals surface area (Å²) in [5.41, 5.74) is -0.696. The van der Waals surface area contributed by atoms with E-state index >= 15 is 0 Å². The van der Waals surface area contributed by atoms with E-state index in [0.717, 1.165) is 12.0 Å². The summed E-state index contributed by atoms with van der Waals surface area (Å²) in [6.07, 6.45) is 2.27. The van der Waals surface area contributed by atoms with Crippen molar-refractivity contribution in [3.63, 3.8) is 0 Å². The molecule has 0 radical (unpaired) electrons. The number of ether oxygens (including phenoxy) is 1. The maximum atomic E-state index is 14.0. The molecular formula is C34H50O6. The molecule has 0 aliphatic heterocycles. The Kier molecular flexibility index (Phi) is 11.9. The standard InChI is InChI=1S/C34H50O6/c1-20(2)10-16-27-31(37)30(28(35)19-23(7)8)32(38)34(27,29(36)17-11-21(3)4)40-33(39)24(9)26-14-12-25(13-15-26)18-22(5)6/h12-15,20-24,27,38H,10-11,16-19H2,1-9H3/t24-,27?,34?/m0/s1. The molecule has 3 atom stereocenters. The number of aliphatic hydroxyl groups excluding tert-OH is 1. The van der Waals surface area contributed by atoms with E-state index in [0.29, 0.717) is 24.3 Å². The van der Waals surface area contributed by atoms with Gasteiger partial charge in [-0.15, -0.1) is 0 Å². The molecule has 0 saturated heterocycles. The topological polar surface area (TPSA) is 97.7 Å². The summed E-state index contributed by atoms with van der Waals surface area (Å²) in [6.45, 7) is 17.6. The molecule has 1 aromatic carbocycles. The Morgan fingerprint density at radius 1 is 0.850 bits per heavy atom. The third-order valence-corrected chi connectivity index (χ3v) is 7.65. The fourth-order valence-corrected chi connectivity index (χ4v) is 5.31. The van der Waals surface area contributed by atoms with Crippen molar-refractivity contribution < 1.29 is 29.0 Å². The summed E-state index contributed by atoms with van der Waals surface area (Å²) in [5, 5.41) is 11.6. The lowest BCUT2D eigenvalue weighted by Crippen LogP contribution is -2.51. The van der Waals surface area contributed by atoms with E-state index in [1.165, 1.54) is 0 Å². The molecule has 0 spiro atoms. The van der Waals surface area contributed by atoms with Crippen molar-refractivity contribution >= 4 is 23.3 Å². The second kappa shape index (κ2) is 14.2. The predicted octanol–water partition coefficient (Wildman–Crippen LogP) is 7.34. The normalized spacial score (nSPS) is 20.2. The van der Waals surface area contributed by atoms with Gasteiger partial charge in [-0.25, -0.2) is 0 Å². The third-order valence-electron chi connectivity index (χ3n) is 7.65. The Bertz CT molecular complexity index is 1090. The zero-order valence-electron chi connectivity index (χ0n) is 26.0. The molecule has 0 heterocycles. The minimum absolute atomic E-state index is 0.0183. The molecular weight excluding hydrogens is 504 g/mol. The second-order valence-electron chi connectivity index (χ2n) is 13.2. The highest BCUT2D eigenvalue weighted by Gasteiger charge is 2.62. The molecule has 1 aromatic rings. The molecule has 6 heteroatoms. The van der Waals surface area contributed by atoms with E-state index in [2.05, 4.69) is 13.8 Å². The number of carbonyl (C=O) groups excluding carboxylic acids is 4. The van der Waals surface area contributed by atoms with E-state index in [1.54, 1.807) is 6.92 Å². The first kappa shape index (κ1) is 33.4. The van der Waals surface area contributed by atoms with Gasteiger partial charge in [0.2, 0.25) is 5.60 Å². The number of benzene rings is 1. The van der Waals surface area contributed by atoms with Crippen LogP contribution in [0.4, 0.5) is 0 Å². The fraction of sp³-hybridized carbons (Fsp3) is 0.647. The molecule has 0 aromatic heterocycles. The monoisotopic (exact) mass is 554 g/mol. The number of allylic oxidation sites excluding steroid dienone is 1. The van der Waals surface area contributed by atoms with Crippen molar-refractivity contribution in [2.24, 2.45) is 29.6 Å². The first-order chi connectivity index (χ1) is 18.6. The lowest BCUT2D eigenvalue weighted by Gasteiger charge is -2.34. The van der Waals surface area contributed by atoms with Crippen LogP contribution in [-0.2, 0) is 30.3 Å². The van der Waals surface area contributed by atoms with Gasteiger partial charge in [-0.3, -0.25) is 19.2 Å². The van der Waals surface area contributed by atoms with Gasteiger partial charge < -0.3 is 9.84 Å². The van der Waals surface area contributed by atoms with Gasteiger partial charge in [-0.1, -0.05) is 86.1 Å². The van der Waals surface area contributed by atoms with Crippen molar-refractivity contribution in [2.45, 2.75) is 112 Å². The van der Waals surface area contributed by atoms with Gasteiger partial charge in [0.05, 0.1) is 11.8 Å². The van der Waals surface area contributed by atoms with Crippen LogP contribution in [-0.4, -0.2) is 34.0 Å². The van der Waals surface area contributed by atoms with E-state index in [-0.39, 0.29) is 42.6 Å². The molecule has 0 fully saturated rings. The average molecular weight is 555 g/mol. The zero-order chi connectivity index (χ0) is 30.4. The van der Waals surface area contributed by atoms with Gasteiger partial charge in [-0.05, 0) is 61.0 Å². The lowest BCUT2D eigenvalue weighted by molar-refractivity contribution is -0.174. The maximum Gasteiger partial charge on any atom is 0.314 e. The van der Waals surface area contributed by atoms with Crippen LogP contribution in [0.5, 0.6) is 0 Å². The number of aliphatic hydroxyl groups is 1. The highest BCUT2D eigenvalue weighted by molar-refractivity contribution is 6.26. The number of ketones is 3. The fourth-order valence-electron chi connectivity index (χ4n) is 5.31. The Balaban J connectivity index is 2.59. The summed E-state index contributed by atoms with van der Waals surface area (Å²) in [7, 11) is 0. The average Bonchev–Trinajstić information content (AvgIpc) is 3.06. The summed E-state index contributed by atoms with van der Waals surface area (Å²) >= 11 is 0. The van der Waals surface area contributed by atoms with Gasteiger partial charge in [0, 0.05) is 12.8 Å². The predicted molar refractivity (Wildman–Crippen MR) is 158 cm³/mol. The van der Waals surface area contributed by atoms with Crippen LogP contribution in [0, 0.1) is 29.6 Å². The van der Waals surface area contributed by atoms with Gasteiger partial charge in [0.1, 0.15) is 5.57 Å². The van der Waals surface area contributed by atoms with Crippen LogP contribution in [0.2, 0.25) is 0 Å². The summed E-state index contributed by atoms with van der Waals surface area (Å²) in [4.78, 5) is 54.6. The van der Waals surface area contributed by atoms with Crippen molar-refractivity contribution in [3.8, 4) is 0 Å². The molecule has 1 aliphatic carbocycles. The van der Waals surface area contributed by atoms with Gasteiger partial charge in [0.25, 0.3) is 0 Å². The Labute approximate surface area is 241 Å². The quantitative estimate of drug-likeness (QED) is 0.180. The van der Waals surface area contributed by atoms with Gasteiger partial charge >= 0.3 is 5.97 Å². The number of hydrogen-bond donors (Lipinski definition) is 1. The molecule has 0 bridgehead atoms. The molecule has 222 valence electrons. The minimum atomic E-state index is -2.19. The number of esters is 1. The van der Waals surface area contributed by atoms with Crippen LogP contribution < -0.4 is 0 Å². The number of carbonyl (C=O) groups is 4. The van der Waals surface area contributed by atoms with Crippen molar-refractivity contribution in [2.75, 3.05) is 0 Å². The molecule has 0 saturated carbocycles. The Hall–Kier alpha value is -2.76. The van der Waals surface area contributed by atoms with Crippen LogP contribution >= 0.6 is 0 Å². The SMILES string of the molecule is CC(C)CCC(=O)C1(OC(=O)[C@@H](C)c2ccc(CC(C)C)cc2)C(O)=C(C(=O)CC(C)C)C(=O)C1CCC(C)C. The molecule has 6 nitrogen and oxygen atoms in total. The molecule has 2 unspecified atom stereocenters. The van der Waals surface area contributed by atoms with E-state index in [9.17, 15) is 24.3 Å². The largest absolute Gasteiger partial charge is 0.507 e. The maximum absolute atomic E-state index is 14.0. The third kappa shape index (κ3) is 7.92. The smallest absolute Gasteiger partial charge is 0.314 e. The van der Waals surface area contributed by atoms with Crippen LogP contribution in [0.15, 0.2) is 35.6 Å². The molecule has 0 amide bonds. The molecule has 1 N–H and O–H groups in total.